The van der Waals surface area contributed by atoms with E-state index in [2.05, 4.69) is 25.3 Å². The first kappa shape index (κ1) is 19.7. The van der Waals surface area contributed by atoms with Crippen molar-refractivity contribution in [3.05, 3.63) is 54.6 Å². The Hall–Kier alpha value is -3.62. The summed E-state index contributed by atoms with van der Waals surface area (Å²) in [5.74, 6) is 3.06. The van der Waals surface area contributed by atoms with Crippen molar-refractivity contribution < 1.29 is 9.53 Å². The normalized spacial score (nSPS) is 13.9. The number of rotatable bonds is 5. The fourth-order valence-electron chi connectivity index (χ4n) is 3.36. The smallest absolute Gasteiger partial charge is 0.321 e. The van der Waals surface area contributed by atoms with E-state index in [1.54, 1.807) is 10.9 Å². The number of ether oxygens (including phenoxy) is 1. The SMILES string of the molecule is CCOc1ccc(NC(=O)N2CCN(c3cc(-n4cccn4)nc(C)n3)CC2)cc1. The highest BCUT2D eigenvalue weighted by Crippen LogP contribution is 2.19. The molecule has 0 saturated carbocycles. The number of carbonyl (C=O) groups excluding carboxylic acids is 1. The zero-order chi connectivity index (χ0) is 20.9. The molecule has 1 aliphatic heterocycles. The van der Waals surface area contributed by atoms with Crippen molar-refractivity contribution >= 4 is 17.5 Å². The van der Waals surface area contributed by atoms with Gasteiger partial charge in [0, 0.05) is 50.3 Å². The summed E-state index contributed by atoms with van der Waals surface area (Å²) in [4.78, 5) is 25.6. The molecule has 1 N–H and O–H groups in total. The maximum Gasteiger partial charge on any atom is 0.321 e. The van der Waals surface area contributed by atoms with Crippen molar-refractivity contribution in [2.24, 2.45) is 0 Å². The van der Waals surface area contributed by atoms with Gasteiger partial charge < -0.3 is 19.9 Å². The highest BCUT2D eigenvalue weighted by atomic mass is 16.5. The number of anilines is 2. The van der Waals surface area contributed by atoms with Crippen LogP contribution in [-0.2, 0) is 0 Å². The summed E-state index contributed by atoms with van der Waals surface area (Å²) >= 11 is 0. The van der Waals surface area contributed by atoms with E-state index < -0.39 is 0 Å². The lowest BCUT2D eigenvalue weighted by molar-refractivity contribution is 0.208. The molecule has 1 aliphatic rings. The minimum absolute atomic E-state index is 0.102. The first-order valence-electron chi connectivity index (χ1n) is 10.0. The molecule has 3 aromatic rings. The van der Waals surface area contributed by atoms with Crippen molar-refractivity contribution in [2.45, 2.75) is 13.8 Å². The first-order chi connectivity index (χ1) is 14.6. The second-order valence-electron chi connectivity index (χ2n) is 6.94. The summed E-state index contributed by atoms with van der Waals surface area (Å²) in [6.07, 6.45) is 3.58. The van der Waals surface area contributed by atoms with E-state index in [9.17, 15) is 4.79 Å². The second kappa shape index (κ2) is 8.81. The van der Waals surface area contributed by atoms with Gasteiger partial charge in [0.1, 0.15) is 17.4 Å². The van der Waals surface area contributed by atoms with Crippen LogP contribution in [0, 0.1) is 6.92 Å². The highest BCUT2D eigenvalue weighted by molar-refractivity contribution is 5.89. The van der Waals surface area contributed by atoms with E-state index in [-0.39, 0.29) is 6.03 Å². The van der Waals surface area contributed by atoms with Crippen LogP contribution >= 0.6 is 0 Å². The van der Waals surface area contributed by atoms with Crippen LogP contribution < -0.4 is 15.0 Å². The number of benzene rings is 1. The zero-order valence-electron chi connectivity index (χ0n) is 17.2. The molecular formula is C21H25N7O2. The third-order valence-corrected chi connectivity index (χ3v) is 4.86. The van der Waals surface area contributed by atoms with Gasteiger partial charge in [-0.05, 0) is 44.2 Å². The number of aromatic nitrogens is 4. The van der Waals surface area contributed by atoms with Crippen molar-refractivity contribution in [3.8, 4) is 11.6 Å². The Morgan fingerprint density at radius 1 is 1.10 bits per heavy atom. The minimum atomic E-state index is -0.102. The molecule has 2 aromatic heterocycles. The lowest BCUT2D eigenvalue weighted by Gasteiger charge is -2.35. The highest BCUT2D eigenvalue weighted by Gasteiger charge is 2.22. The summed E-state index contributed by atoms with van der Waals surface area (Å²) in [6.45, 7) is 7.06. The summed E-state index contributed by atoms with van der Waals surface area (Å²) in [7, 11) is 0. The van der Waals surface area contributed by atoms with Gasteiger partial charge in [0.15, 0.2) is 5.82 Å². The Kier molecular flexibility index (Phi) is 5.78. The van der Waals surface area contributed by atoms with Gasteiger partial charge in [0.25, 0.3) is 0 Å². The van der Waals surface area contributed by atoms with E-state index in [0.717, 1.165) is 23.1 Å². The second-order valence-corrected chi connectivity index (χ2v) is 6.94. The molecule has 0 aliphatic carbocycles. The predicted molar refractivity (Wildman–Crippen MR) is 114 cm³/mol. The Balaban J connectivity index is 1.36. The Bertz CT molecular complexity index is 981. The number of hydrogen-bond acceptors (Lipinski definition) is 6. The van der Waals surface area contributed by atoms with E-state index >= 15 is 0 Å². The Labute approximate surface area is 175 Å². The maximum absolute atomic E-state index is 12.6. The number of carbonyl (C=O) groups is 1. The van der Waals surface area contributed by atoms with Gasteiger partial charge in [-0.3, -0.25) is 0 Å². The van der Waals surface area contributed by atoms with Gasteiger partial charge in [-0.1, -0.05) is 0 Å². The van der Waals surface area contributed by atoms with Crippen LogP contribution in [0.15, 0.2) is 48.8 Å². The molecule has 0 radical (unpaired) electrons. The van der Waals surface area contributed by atoms with E-state index in [0.29, 0.717) is 38.6 Å². The van der Waals surface area contributed by atoms with Gasteiger partial charge in [-0.15, -0.1) is 0 Å². The average molecular weight is 407 g/mol. The van der Waals surface area contributed by atoms with Crippen LogP contribution in [0.4, 0.5) is 16.3 Å². The number of nitrogens with zero attached hydrogens (tertiary/aromatic N) is 6. The summed E-state index contributed by atoms with van der Waals surface area (Å²) in [5, 5.41) is 7.19. The van der Waals surface area contributed by atoms with E-state index in [4.69, 9.17) is 4.74 Å². The molecule has 156 valence electrons. The van der Waals surface area contributed by atoms with Gasteiger partial charge in [0.2, 0.25) is 0 Å². The zero-order valence-corrected chi connectivity index (χ0v) is 17.2. The summed E-state index contributed by atoms with van der Waals surface area (Å²) in [5.41, 5.74) is 0.751. The number of urea groups is 1. The summed E-state index contributed by atoms with van der Waals surface area (Å²) < 4.78 is 7.15. The molecular weight excluding hydrogens is 382 g/mol. The molecule has 1 fully saturated rings. The van der Waals surface area contributed by atoms with Crippen LogP contribution in [0.2, 0.25) is 0 Å². The topological polar surface area (TPSA) is 88.4 Å². The first-order valence-corrected chi connectivity index (χ1v) is 10.0. The fraction of sp³-hybridized carbons (Fsp3) is 0.333. The molecule has 4 rings (SSSR count). The molecule has 30 heavy (non-hydrogen) atoms. The van der Waals surface area contributed by atoms with Crippen LogP contribution in [0.3, 0.4) is 0 Å². The molecule has 2 amide bonds. The van der Waals surface area contributed by atoms with Crippen LogP contribution in [0.5, 0.6) is 5.75 Å². The van der Waals surface area contributed by atoms with Gasteiger partial charge in [-0.25, -0.2) is 19.4 Å². The molecule has 9 heteroatoms. The number of piperazine rings is 1. The van der Waals surface area contributed by atoms with Crippen LogP contribution in [-0.4, -0.2) is 63.5 Å². The lowest BCUT2D eigenvalue weighted by atomic mass is 10.3. The van der Waals surface area contributed by atoms with Gasteiger partial charge in [0.05, 0.1) is 6.61 Å². The Morgan fingerprint density at radius 2 is 1.83 bits per heavy atom. The van der Waals surface area contributed by atoms with Gasteiger partial charge >= 0.3 is 6.03 Å². The van der Waals surface area contributed by atoms with Crippen molar-refractivity contribution in [1.29, 1.82) is 0 Å². The van der Waals surface area contributed by atoms with Crippen molar-refractivity contribution in [1.82, 2.24) is 24.6 Å². The van der Waals surface area contributed by atoms with E-state index in [1.807, 2.05) is 61.3 Å². The quantitative estimate of drug-likeness (QED) is 0.700. The number of nitrogens with one attached hydrogen (secondary N) is 1. The maximum atomic E-state index is 12.6. The predicted octanol–water partition coefficient (Wildman–Crippen LogP) is 2.72. The molecule has 3 heterocycles. The van der Waals surface area contributed by atoms with Crippen molar-refractivity contribution in [2.75, 3.05) is 43.0 Å². The molecule has 0 atom stereocenters. The number of aryl methyl sites for hydroxylation is 1. The van der Waals surface area contributed by atoms with Gasteiger partial charge in [-0.2, -0.15) is 5.10 Å². The molecule has 9 nitrogen and oxygen atoms in total. The number of amides is 2. The molecule has 1 aromatic carbocycles. The van der Waals surface area contributed by atoms with E-state index in [1.165, 1.54) is 0 Å². The Morgan fingerprint density at radius 3 is 2.50 bits per heavy atom. The lowest BCUT2D eigenvalue weighted by Crippen LogP contribution is -2.50. The monoisotopic (exact) mass is 407 g/mol. The number of hydrogen-bond donors (Lipinski definition) is 1. The summed E-state index contributed by atoms with van der Waals surface area (Å²) in [6, 6.07) is 11.1. The minimum Gasteiger partial charge on any atom is -0.494 e. The third-order valence-electron chi connectivity index (χ3n) is 4.86. The molecule has 0 bridgehead atoms. The molecule has 0 spiro atoms. The van der Waals surface area contributed by atoms with Crippen LogP contribution in [0.1, 0.15) is 12.7 Å². The average Bonchev–Trinajstić information content (AvgIpc) is 3.30. The molecule has 0 unspecified atom stereocenters. The fourth-order valence-corrected chi connectivity index (χ4v) is 3.36. The van der Waals surface area contributed by atoms with Crippen molar-refractivity contribution in [3.63, 3.8) is 0 Å². The molecule has 1 saturated heterocycles. The largest absolute Gasteiger partial charge is 0.494 e. The standard InChI is InChI=1S/C21H25N7O2/c1-3-30-18-7-5-17(6-8-18)25-21(29)27-13-11-26(12-14-27)19-15-20(24-16(2)23-19)28-10-4-9-22-28/h4-10,15H,3,11-14H2,1-2H3,(H,25,29). The van der Waals surface area contributed by atoms with Crippen LogP contribution in [0.25, 0.3) is 5.82 Å². The third kappa shape index (κ3) is 4.51.